The molecule has 0 unspecified atom stereocenters. The zero-order valence-electron chi connectivity index (χ0n) is 17.8. The van der Waals surface area contributed by atoms with Crippen molar-refractivity contribution < 1.29 is 4.39 Å². The minimum atomic E-state index is -0.295. The molecule has 0 aliphatic heterocycles. The van der Waals surface area contributed by atoms with Crippen LogP contribution in [0.25, 0.3) is 22.3 Å². The Morgan fingerprint density at radius 3 is 2.81 bits per heavy atom. The number of fused-ring (bicyclic) bond motifs is 1. The van der Waals surface area contributed by atoms with Crippen molar-refractivity contribution >= 4 is 38.9 Å². The number of H-pyrrole nitrogens is 1. The zero-order chi connectivity index (χ0) is 22.1. The molecule has 32 heavy (non-hydrogen) atoms. The predicted molar refractivity (Wildman–Crippen MR) is 128 cm³/mol. The van der Waals surface area contributed by atoms with E-state index in [4.69, 9.17) is 0 Å². The minimum Gasteiger partial charge on any atom is -0.370 e. The lowest BCUT2D eigenvalue weighted by Crippen LogP contribution is -2.33. The summed E-state index contributed by atoms with van der Waals surface area (Å²) in [5, 5.41) is 5.91. The van der Waals surface area contributed by atoms with Gasteiger partial charge in [0, 0.05) is 24.0 Å². The number of hydrogen-bond donors (Lipinski definition) is 2. The highest BCUT2D eigenvalue weighted by Gasteiger charge is 2.22. The lowest BCUT2D eigenvalue weighted by atomic mass is 9.94. The average molecular weight is 450 g/mol. The second kappa shape index (κ2) is 8.70. The van der Waals surface area contributed by atoms with Gasteiger partial charge in [0.25, 0.3) is 5.56 Å². The van der Waals surface area contributed by atoms with Crippen LogP contribution in [0.4, 0.5) is 20.9 Å². The van der Waals surface area contributed by atoms with E-state index in [-0.39, 0.29) is 11.4 Å². The standard InChI is InChI=1S/C24H24FN5OS/c1-30(15-7-3-2-4-8-15)22-12-18-19(27-23(31)13-26-18)11-20(22)28-24-29-21(14-32-24)16-9-5-6-10-17(16)25/h5-6,9-15H,2-4,7-8H2,1H3,(H,27,31)(H,28,29). The fourth-order valence-electron chi connectivity index (χ4n) is 4.37. The molecule has 2 aromatic carbocycles. The normalized spacial score (nSPS) is 14.6. The van der Waals surface area contributed by atoms with E-state index in [1.54, 1.807) is 18.2 Å². The third-order valence-corrected chi connectivity index (χ3v) is 6.85. The maximum absolute atomic E-state index is 14.2. The fourth-order valence-corrected chi connectivity index (χ4v) is 5.10. The summed E-state index contributed by atoms with van der Waals surface area (Å²) in [6.45, 7) is 0. The van der Waals surface area contributed by atoms with Gasteiger partial charge in [0.05, 0.1) is 34.3 Å². The molecule has 1 fully saturated rings. The van der Waals surface area contributed by atoms with Crippen molar-refractivity contribution in [2.75, 3.05) is 17.3 Å². The third-order valence-electron chi connectivity index (χ3n) is 6.09. The summed E-state index contributed by atoms with van der Waals surface area (Å²) in [7, 11) is 2.11. The zero-order valence-corrected chi connectivity index (χ0v) is 18.6. The van der Waals surface area contributed by atoms with Crippen LogP contribution in [0.15, 0.2) is 52.8 Å². The maximum Gasteiger partial charge on any atom is 0.266 e. The summed E-state index contributed by atoms with van der Waals surface area (Å²) in [6, 6.07) is 11.0. The molecule has 6 nitrogen and oxygen atoms in total. The summed E-state index contributed by atoms with van der Waals surface area (Å²) >= 11 is 1.42. The van der Waals surface area contributed by atoms with Crippen molar-refractivity contribution in [3.05, 3.63) is 64.1 Å². The SMILES string of the molecule is CN(c1cc2ncc(=O)[nH]c2cc1Nc1nc(-c2ccccc2F)cs1)C1CCCCC1. The molecule has 8 heteroatoms. The third kappa shape index (κ3) is 4.10. The Hall–Kier alpha value is -3.26. The van der Waals surface area contributed by atoms with E-state index in [0.29, 0.717) is 27.9 Å². The summed E-state index contributed by atoms with van der Waals surface area (Å²) in [6.07, 6.45) is 7.36. The molecule has 0 atom stereocenters. The first-order chi connectivity index (χ1) is 15.6. The van der Waals surface area contributed by atoms with E-state index in [2.05, 4.69) is 32.2 Å². The molecule has 2 aromatic heterocycles. The first-order valence-corrected chi connectivity index (χ1v) is 11.7. The number of halogens is 1. The number of aromatic amines is 1. The van der Waals surface area contributed by atoms with Gasteiger partial charge in [-0.2, -0.15) is 0 Å². The van der Waals surface area contributed by atoms with Gasteiger partial charge in [-0.05, 0) is 37.1 Å². The second-order valence-corrected chi connectivity index (χ2v) is 9.04. The van der Waals surface area contributed by atoms with E-state index in [9.17, 15) is 9.18 Å². The predicted octanol–water partition coefficient (Wildman–Crippen LogP) is 5.70. The Balaban J connectivity index is 1.53. The molecule has 0 bridgehead atoms. The molecule has 4 aromatic rings. The van der Waals surface area contributed by atoms with E-state index < -0.39 is 0 Å². The van der Waals surface area contributed by atoms with E-state index in [1.807, 2.05) is 17.5 Å². The number of aromatic nitrogens is 3. The Morgan fingerprint density at radius 2 is 2.00 bits per heavy atom. The highest BCUT2D eigenvalue weighted by Crippen LogP contribution is 2.36. The molecule has 0 radical (unpaired) electrons. The molecular formula is C24H24FN5OS. The highest BCUT2D eigenvalue weighted by atomic mass is 32.1. The van der Waals surface area contributed by atoms with Gasteiger partial charge in [-0.1, -0.05) is 31.4 Å². The van der Waals surface area contributed by atoms with Crippen LogP contribution < -0.4 is 15.8 Å². The summed E-state index contributed by atoms with van der Waals surface area (Å²) in [5.41, 5.74) is 4.06. The van der Waals surface area contributed by atoms with Gasteiger partial charge in [-0.3, -0.25) is 4.79 Å². The Kier molecular flexibility index (Phi) is 5.61. The molecule has 0 saturated heterocycles. The van der Waals surface area contributed by atoms with E-state index in [0.717, 1.165) is 29.7 Å². The Morgan fingerprint density at radius 1 is 1.19 bits per heavy atom. The highest BCUT2D eigenvalue weighted by molar-refractivity contribution is 7.14. The van der Waals surface area contributed by atoms with Crippen LogP contribution in [0.2, 0.25) is 0 Å². The fraction of sp³-hybridized carbons (Fsp3) is 0.292. The monoisotopic (exact) mass is 449 g/mol. The lowest BCUT2D eigenvalue weighted by molar-refractivity contribution is 0.428. The number of anilines is 3. The molecule has 1 aliphatic rings. The molecule has 0 spiro atoms. The first-order valence-electron chi connectivity index (χ1n) is 10.8. The second-order valence-electron chi connectivity index (χ2n) is 8.18. The van der Waals surface area contributed by atoms with Gasteiger partial charge >= 0.3 is 0 Å². The number of rotatable bonds is 5. The van der Waals surface area contributed by atoms with Crippen LogP contribution >= 0.6 is 11.3 Å². The number of nitrogens with one attached hydrogen (secondary N) is 2. The summed E-state index contributed by atoms with van der Waals surface area (Å²) in [5.74, 6) is -0.295. The molecule has 2 N–H and O–H groups in total. The largest absolute Gasteiger partial charge is 0.370 e. The van der Waals surface area contributed by atoms with Crippen molar-refractivity contribution in [1.29, 1.82) is 0 Å². The van der Waals surface area contributed by atoms with Crippen LogP contribution in [0, 0.1) is 5.82 Å². The summed E-state index contributed by atoms with van der Waals surface area (Å²) in [4.78, 5) is 25.9. The summed E-state index contributed by atoms with van der Waals surface area (Å²) < 4.78 is 14.2. The van der Waals surface area contributed by atoms with Crippen LogP contribution in [-0.4, -0.2) is 28.0 Å². The molecule has 164 valence electrons. The maximum atomic E-state index is 14.2. The van der Waals surface area contributed by atoms with Gasteiger partial charge in [0.1, 0.15) is 5.82 Å². The Labute approximate surface area is 189 Å². The van der Waals surface area contributed by atoms with Gasteiger partial charge in [-0.25, -0.2) is 14.4 Å². The van der Waals surface area contributed by atoms with Crippen molar-refractivity contribution in [1.82, 2.24) is 15.0 Å². The van der Waals surface area contributed by atoms with Crippen LogP contribution in [0.3, 0.4) is 0 Å². The van der Waals surface area contributed by atoms with Crippen LogP contribution in [-0.2, 0) is 0 Å². The van der Waals surface area contributed by atoms with Gasteiger partial charge < -0.3 is 15.2 Å². The molecular weight excluding hydrogens is 425 g/mol. The van der Waals surface area contributed by atoms with Crippen LogP contribution in [0.5, 0.6) is 0 Å². The molecule has 1 aliphatic carbocycles. The molecule has 0 amide bonds. The number of hydrogen-bond acceptors (Lipinski definition) is 6. The lowest BCUT2D eigenvalue weighted by Gasteiger charge is -2.34. The molecule has 5 rings (SSSR count). The Bertz CT molecular complexity index is 1310. The van der Waals surface area contributed by atoms with Gasteiger partial charge in [-0.15, -0.1) is 11.3 Å². The van der Waals surface area contributed by atoms with Gasteiger partial charge in [0.2, 0.25) is 0 Å². The average Bonchev–Trinajstić information content (AvgIpc) is 3.27. The van der Waals surface area contributed by atoms with Crippen molar-refractivity contribution in [3.8, 4) is 11.3 Å². The van der Waals surface area contributed by atoms with Crippen molar-refractivity contribution in [3.63, 3.8) is 0 Å². The van der Waals surface area contributed by atoms with E-state index >= 15 is 0 Å². The number of thiazole rings is 1. The van der Waals surface area contributed by atoms with E-state index in [1.165, 1.54) is 42.9 Å². The van der Waals surface area contributed by atoms with Crippen LogP contribution in [0.1, 0.15) is 32.1 Å². The molecule has 1 saturated carbocycles. The van der Waals surface area contributed by atoms with Gasteiger partial charge in [0.15, 0.2) is 5.13 Å². The number of nitrogens with zero attached hydrogens (tertiary/aromatic N) is 3. The topological polar surface area (TPSA) is 73.9 Å². The van der Waals surface area contributed by atoms with Crippen molar-refractivity contribution in [2.24, 2.45) is 0 Å². The number of benzene rings is 2. The smallest absolute Gasteiger partial charge is 0.266 e. The minimum absolute atomic E-state index is 0.243. The quantitative estimate of drug-likeness (QED) is 0.409. The first kappa shape index (κ1) is 20.6. The molecule has 2 heterocycles. The van der Waals surface area contributed by atoms with Crippen molar-refractivity contribution in [2.45, 2.75) is 38.1 Å².